The van der Waals surface area contributed by atoms with E-state index in [1.807, 2.05) is 14.0 Å². The van der Waals surface area contributed by atoms with E-state index in [-0.39, 0.29) is 6.04 Å². The van der Waals surface area contributed by atoms with Gasteiger partial charge in [0.05, 0.1) is 6.07 Å². The van der Waals surface area contributed by atoms with E-state index in [1.54, 1.807) is 6.07 Å². The lowest BCUT2D eigenvalue weighted by Crippen LogP contribution is -2.41. The molecule has 1 aliphatic carbocycles. The highest BCUT2D eigenvalue weighted by Crippen LogP contribution is 2.26. The van der Waals surface area contributed by atoms with Crippen LogP contribution >= 0.6 is 0 Å². The van der Waals surface area contributed by atoms with Crippen molar-refractivity contribution in [3.63, 3.8) is 0 Å². The number of sulfonamides is 1. The van der Waals surface area contributed by atoms with Gasteiger partial charge in [-0.15, -0.1) is 0 Å². The van der Waals surface area contributed by atoms with Gasteiger partial charge >= 0.3 is 0 Å². The number of nitrogens with one attached hydrogen (secondary N) is 1. The fraction of sp³-hybridized carbons (Fsp3) is 0.889. The predicted octanol–water partition coefficient (Wildman–Crippen LogP) is -0.0879. The van der Waals surface area contributed by atoms with E-state index in [9.17, 15) is 8.42 Å². The molecule has 0 aromatic rings. The third kappa shape index (κ3) is 4.16. The van der Waals surface area contributed by atoms with Crippen LogP contribution < -0.4 is 4.72 Å². The fourth-order valence-corrected chi connectivity index (χ4v) is 2.14. The van der Waals surface area contributed by atoms with Crippen LogP contribution in [0.5, 0.6) is 0 Å². The van der Waals surface area contributed by atoms with Gasteiger partial charge in [-0.1, -0.05) is 0 Å². The smallest absolute Gasteiger partial charge is 0.225 e. The quantitative estimate of drug-likeness (QED) is 0.693. The predicted molar refractivity (Wildman–Crippen MR) is 57.6 cm³/mol. The lowest BCUT2D eigenvalue weighted by Gasteiger charge is -2.24. The van der Waals surface area contributed by atoms with Crippen LogP contribution in [0.15, 0.2) is 0 Å². The van der Waals surface area contributed by atoms with E-state index in [0.717, 1.165) is 0 Å². The van der Waals surface area contributed by atoms with Crippen molar-refractivity contribution in [1.82, 2.24) is 9.62 Å². The van der Waals surface area contributed by atoms with Crippen LogP contribution in [-0.2, 0) is 10.0 Å². The topological polar surface area (TPSA) is 73.2 Å². The number of hydrogen-bond donors (Lipinski definition) is 1. The minimum atomic E-state index is -3.40. The Morgan fingerprint density at radius 3 is 2.67 bits per heavy atom. The average molecular weight is 231 g/mol. The molecule has 1 unspecified atom stereocenters. The lowest BCUT2D eigenvalue weighted by atomic mass is 10.3. The highest BCUT2D eigenvalue weighted by molar-refractivity contribution is 7.89. The molecule has 0 aromatic heterocycles. The van der Waals surface area contributed by atoms with Gasteiger partial charge in [-0.3, -0.25) is 4.90 Å². The van der Waals surface area contributed by atoms with Crippen molar-refractivity contribution in [3.8, 4) is 6.07 Å². The highest BCUT2D eigenvalue weighted by atomic mass is 32.2. The molecule has 6 heteroatoms. The van der Waals surface area contributed by atoms with Gasteiger partial charge in [-0.05, 0) is 26.8 Å². The first-order valence-corrected chi connectivity index (χ1v) is 6.67. The summed E-state index contributed by atoms with van der Waals surface area (Å²) < 4.78 is 24.8. The SMILES string of the molecule is CC(CNS(=O)(=O)CC#N)N(C)C1CC1. The van der Waals surface area contributed by atoms with Crippen molar-refractivity contribution in [3.05, 3.63) is 0 Å². The Kier molecular flexibility index (Phi) is 4.08. The highest BCUT2D eigenvalue weighted by Gasteiger charge is 2.29. The number of hydrogen-bond acceptors (Lipinski definition) is 4. The lowest BCUT2D eigenvalue weighted by molar-refractivity contribution is 0.248. The first-order valence-electron chi connectivity index (χ1n) is 5.02. The minimum absolute atomic E-state index is 0.172. The molecule has 86 valence electrons. The summed E-state index contributed by atoms with van der Waals surface area (Å²) in [7, 11) is -1.40. The first-order chi connectivity index (χ1) is 6.96. The number of nitrogens with zero attached hydrogens (tertiary/aromatic N) is 2. The number of nitriles is 1. The molecule has 0 spiro atoms. The average Bonchev–Trinajstić information content (AvgIpc) is 2.96. The van der Waals surface area contributed by atoms with Gasteiger partial charge in [-0.25, -0.2) is 13.1 Å². The van der Waals surface area contributed by atoms with Crippen LogP contribution in [0, 0.1) is 11.3 Å². The summed E-state index contributed by atoms with van der Waals surface area (Å²) in [6.07, 6.45) is 2.40. The van der Waals surface area contributed by atoms with E-state index in [2.05, 4.69) is 9.62 Å². The molecule has 1 saturated carbocycles. The molecule has 0 heterocycles. The van der Waals surface area contributed by atoms with Crippen molar-refractivity contribution < 1.29 is 8.42 Å². The monoisotopic (exact) mass is 231 g/mol. The molecule has 1 fully saturated rings. The van der Waals surface area contributed by atoms with Gasteiger partial charge < -0.3 is 0 Å². The Hall–Kier alpha value is -0.640. The molecule has 5 nitrogen and oxygen atoms in total. The second kappa shape index (κ2) is 4.92. The van der Waals surface area contributed by atoms with Crippen LogP contribution in [0.2, 0.25) is 0 Å². The maximum absolute atomic E-state index is 11.2. The molecule has 1 N–H and O–H groups in total. The van der Waals surface area contributed by atoms with Gasteiger partial charge in [-0.2, -0.15) is 5.26 Å². The van der Waals surface area contributed by atoms with Crippen molar-refractivity contribution in [2.75, 3.05) is 19.3 Å². The molecule has 1 aliphatic rings. The van der Waals surface area contributed by atoms with Crippen LogP contribution in [0.3, 0.4) is 0 Å². The third-order valence-electron chi connectivity index (χ3n) is 2.67. The van der Waals surface area contributed by atoms with Crippen molar-refractivity contribution in [2.45, 2.75) is 31.8 Å². The van der Waals surface area contributed by atoms with E-state index < -0.39 is 15.8 Å². The zero-order valence-electron chi connectivity index (χ0n) is 9.10. The summed E-state index contributed by atoms with van der Waals surface area (Å²) in [5.41, 5.74) is 0. The molecule has 0 amide bonds. The molecule has 0 bridgehead atoms. The Bertz CT molecular complexity index is 343. The summed E-state index contributed by atoms with van der Waals surface area (Å²) in [6, 6.07) is 2.42. The number of rotatable bonds is 6. The fourth-order valence-electron chi connectivity index (χ4n) is 1.37. The molecular weight excluding hydrogens is 214 g/mol. The van der Waals surface area contributed by atoms with Gasteiger partial charge in [0.25, 0.3) is 0 Å². The standard InChI is InChI=1S/C9H17N3O2S/c1-8(12(2)9-3-4-9)7-11-15(13,14)6-5-10/h8-9,11H,3-4,6-7H2,1-2H3. The zero-order valence-corrected chi connectivity index (χ0v) is 9.92. The molecule has 15 heavy (non-hydrogen) atoms. The number of likely N-dealkylation sites (N-methyl/N-ethyl adjacent to an activating group) is 1. The Balaban J connectivity index is 2.33. The minimum Gasteiger partial charge on any atom is -0.299 e. The summed E-state index contributed by atoms with van der Waals surface area (Å²) in [4.78, 5) is 2.18. The zero-order chi connectivity index (χ0) is 11.5. The van der Waals surface area contributed by atoms with E-state index >= 15 is 0 Å². The van der Waals surface area contributed by atoms with Gasteiger partial charge in [0.2, 0.25) is 10.0 Å². The molecule has 0 aromatic carbocycles. The maximum Gasteiger partial charge on any atom is 0.225 e. The van der Waals surface area contributed by atoms with Crippen LogP contribution in [0.1, 0.15) is 19.8 Å². The second-order valence-electron chi connectivity index (χ2n) is 4.01. The van der Waals surface area contributed by atoms with Gasteiger partial charge in [0.15, 0.2) is 5.75 Å². The van der Waals surface area contributed by atoms with Gasteiger partial charge in [0, 0.05) is 18.6 Å². The third-order valence-corrected chi connectivity index (χ3v) is 3.79. The Morgan fingerprint density at radius 2 is 2.20 bits per heavy atom. The molecule has 1 atom stereocenters. The van der Waals surface area contributed by atoms with E-state index in [4.69, 9.17) is 5.26 Å². The van der Waals surface area contributed by atoms with Crippen LogP contribution in [0.4, 0.5) is 0 Å². The second-order valence-corrected chi connectivity index (χ2v) is 5.82. The largest absolute Gasteiger partial charge is 0.299 e. The summed E-state index contributed by atoms with van der Waals surface area (Å²) in [5.74, 6) is -0.465. The molecule has 0 aliphatic heterocycles. The molecule has 0 saturated heterocycles. The Morgan fingerprint density at radius 1 is 1.60 bits per heavy atom. The van der Waals surface area contributed by atoms with Crippen molar-refractivity contribution in [1.29, 1.82) is 5.26 Å². The van der Waals surface area contributed by atoms with Gasteiger partial charge in [0.1, 0.15) is 0 Å². The van der Waals surface area contributed by atoms with Crippen LogP contribution in [-0.4, -0.2) is 44.7 Å². The van der Waals surface area contributed by atoms with Crippen molar-refractivity contribution in [2.24, 2.45) is 0 Å². The molecule has 1 rings (SSSR count). The maximum atomic E-state index is 11.2. The van der Waals surface area contributed by atoms with E-state index in [0.29, 0.717) is 12.6 Å². The van der Waals surface area contributed by atoms with Crippen LogP contribution in [0.25, 0.3) is 0 Å². The first kappa shape index (κ1) is 12.4. The summed E-state index contributed by atoms with van der Waals surface area (Å²) in [5, 5.41) is 8.29. The Labute approximate surface area is 91.1 Å². The van der Waals surface area contributed by atoms with E-state index in [1.165, 1.54) is 12.8 Å². The molecular formula is C9H17N3O2S. The normalized spacial score (nSPS) is 18.8. The molecule has 0 radical (unpaired) electrons. The summed E-state index contributed by atoms with van der Waals surface area (Å²) >= 11 is 0. The summed E-state index contributed by atoms with van der Waals surface area (Å²) in [6.45, 7) is 2.35. The van der Waals surface area contributed by atoms with Crippen molar-refractivity contribution >= 4 is 10.0 Å².